The number of nitrogens with zero attached hydrogens (tertiary/aromatic N) is 2. The van der Waals surface area contributed by atoms with Crippen LogP contribution in [-0.2, 0) is 6.61 Å². The van der Waals surface area contributed by atoms with Gasteiger partial charge in [0, 0.05) is 10.8 Å². The number of aliphatic hydroxyl groups excluding tert-OH is 1. The number of aliphatic hydroxyl groups is 1. The molecule has 0 atom stereocenters. The van der Waals surface area contributed by atoms with Gasteiger partial charge in [-0.1, -0.05) is 31.0 Å². The Hall–Kier alpha value is -1.85. The van der Waals surface area contributed by atoms with Crippen LogP contribution in [0.15, 0.2) is 29.6 Å². The van der Waals surface area contributed by atoms with Crippen molar-refractivity contribution in [2.75, 3.05) is 5.84 Å². The van der Waals surface area contributed by atoms with Crippen LogP contribution in [0.1, 0.15) is 42.9 Å². The molecule has 0 bridgehead atoms. The summed E-state index contributed by atoms with van der Waals surface area (Å²) < 4.78 is 1.78. The molecule has 1 aromatic carbocycles. The Balaban J connectivity index is 1.87. The number of nitrogen functional groups attached to an aromatic ring is 1. The lowest BCUT2D eigenvalue weighted by molar-refractivity contribution is 0.278. The van der Waals surface area contributed by atoms with Crippen LogP contribution in [0.3, 0.4) is 0 Å². The first-order valence-electron chi connectivity index (χ1n) is 7.73. The van der Waals surface area contributed by atoms with Gasteiger partial charge in [-0.3, -0.25) is 4.68 Å². The summed E-state index contributed by atoms with van der Waals surface area (Å²) in [6, 6.07) is 8.56. The molecule has 0 spiro atoms. The summed E-state index contributed by atoms with van der Waals surface area (Å²) in [5.41, 5.74) is 4.11. The normalized spacial score (nSPS) is 15.9. The SMILES string of the molecule is Nn1c(-c2nc(CO)cs2)cc2cccc(C3CCCC3)c21. The molecule has 3 N–H and O–H groups in total. The molecule has 5 heteroatoms. The first-order chi connectivity index (χ1) is 10.8. The van der Waals surface area contributed by atoms with Crippen molar-refractivity contribution in [1.82, 2.24) is 9.66 Å². The number of aromatic nitrogens is 2. The number of para-hydroxylation sites is 1. The smallest absolute Gasteiger partial charge is 0.142 e. The van der Waals surface area contributed by atoms with Gasteiger partial charge in [0.2, 0.25) is 0 Å². The highest BCUT2D eigenvalue weighted by atomic mass is 32.1. The fraction of sp³-hybridized carbons (Fsp3) is 0.353. The fourth-order valence-electron chi connectivity index (χ4n) is 3.54. The van der Waals surface area contributed by atoms with Gasteiger partial charge in [0.25, 0.3) is 0 Å². The van der Waals surface area contributed by atoms with Crippen molar-refractivity contribution in [2.24, 2.45) is 0 Å². The third-order valence-corrected chi connectivity index (χ3v) is 5.53. The topological polar surface area (TPSA) is 64.1 Å². The van der Waals surface area contributed by atoms with Crippen LogP contribution in [0, 0.1) is 0 Å². The molecule has 1 aliphatic rings. The van der Waals surface area contributed by atoms with E-state index in [1.807, 2.05) is 5.38 Å². The minimum Gasteiger partial charge on any atom is -0.390 e. The summed E-state index contributed by atoms with van der Waals surface area (Å²) in [6.07, 6.45) is 5.13. The molecule has 0 amide bonds. The van der Waals surface area contributed by atoms with E-state index in [4.69, 9.17) is 5.84 Å². The van der Waals surface area contributed by atoms with Gasteiger partial charge in [-0.05, 0) is 30.4 Å². The molecule has 0 saturated heterocycles. The molecule has 22 heavy (non-hydrogen) atoms. The molecular formula is C17H19N3OS. The van der Waals surface area contributed by atoms with E-state index in [-0.39, 0.29) is 6.61 Å². The zero-order valence-electron chi connectivity index (χ0n) is 12.3. The molecule has 114 valence electrons. The fourth-order valence-corrected chi connectivity index (χ4v) is 4.36. The monoisotopic (exact) mass is 313 g/mol. The van der Waals surface area contributed by atoms with Crippen LogP contribution >= 0.6 is 11.3 Å². The van der Waals surface area contributed by atoms with E-state index in [2.05, 4.69) is 29.2 Å². The highest BCUT2D eigenvalue weighted by molar-refractivity contribution is 7.13. The van der Waals surface area contributed by atoms with Crippen molar-refractivity contribution < 1.29 is 5.11 Å². The lowest BCUT2D eigenvalue weighted by atomic mass is 9.96. The van der Waals surface area contributed by atoms with E-state index in [0.29, 0.717) is 11.6 Å². The Morgan fingerprint density at radius 3 is 2.86 bits per heavy atom. The molecule has 0 radical (unpaired) electrons. The number of nitrogens with two attached hydrogens (primary N) is 1. The van der Waals surface area contributed by atoms with Gasteiger partial charge in [0.1, 0.15) is 5.01 Å². The van der Waals surface area contributed by atoms with E-state index >= 15 is 0 Å². The molecule has 0 aliphatic heterocycles. The lowest BCUT2D eigenvalue weighted by Crippen LogP contribution is -2.11. The Bertz CT molecular complexity index is 815. The van der Waals surface area contributed by atoms with Gasteiger partial charge in [-0.2, -0.15) is 0 Å². The molecule has 0 unspecified atom stereocenters. The maximum absolute atomic E-state index is 9.20. The largest absolute Gasteiger partial charge is 0.390 e. The summed E-state index contributed by atoms with van der Waals surface area (Å²) >= 11 is 1.52. The Morgan fingerprint density at radius 2 is 2.14 bits per heavy atom. The van der Waals surface area contributed by atoms with E-state index in [0.717, 1.165) is 16.2 Å². The Labute approximate surface area is 133 Å². The van der Waals surface area contributed by atoms with Crippen molar-refractivity contribution >= 4 is 22.2 Å². The molecule has 4 rings (SSSR count). The van der Waals surface area contributed by atoms with Crippen LogP contribution in [0.2, 0.25) is 0 Å². The second-order valence-corrected chi connectivity index (χ2v) is 6.83. The van der Waals surface area contributed by atoms with E-state index in [1.165, 1.54) is 48.0 Å². The van der Waals surface area contributed by atoms with Crippen LogP contribution in [0.5, 0.6) is 0 Å². The number of fused-ring (bicyclic) bond motifs is 1. The predicted molar refractivity (Wildman–Crippen MR) is 90.3 cm³/mol. The summed E-state index contributed by atoms with van der Waals surface area (Å²) in [5, 5.41) is 13.1. The third-order valence-electron chi connectivity index (χ3n) is 4.62. The first kappa shape index (κ1) is 13.8. The second kappa shape index (κ2) is 5.41. The number of hydrogen-bond acceptors (Lipinski definition) is 4. The summed E-state index contributed by atoms with van der Waals surface area (Å²) in [5.74, 6) is 7.03. The highest BCUT2D eigenvalue weighted by Gasteiger charge is 2.22. The quantitative estimate of drug-likeness (QED) is 0.726. The molecule has 2 heterocycles. The van der Waals surface area contributed by atoms with Crippen LogP contribution in [0.4, 0.5) is 0 Å². The predicted octanol–water partition coefficient (Wildman–Crippen LogP) is 3.63. The number of hydrogen-bond donors (Lipinski definition) is 2. The van der Waals surface area contributed by atoms with E-state index < -0.39 is 0 Å². The lowest BCUT2D eigenvalue weighted by Gasteiger charge is -2.13. The highest BCUT2D eigenvalue weighted by Crippen LogP contribution is 2.39. The molecule has 4 nitrogen and oxygen atoms in total. The zero-order chi connectivity index (χ0) is 15.1. The van der Waals surface area contributed by atoms with Crippen molar-refractivity contribution in [2.45, 2.75) is 38.2 Å². The average Bonchev–Trinajstić information content (AvgIpc) is 3.27. The molecule has 1 fully saturated rings. The summed E-state index contributed by atoms with van der Waals surface area (Å²) in [6.45, 7) is -0.0331. The second-order valence-electron chi connectivity index (χ2n) is 5.97. The van der Waals surface area contributed by atoms with Crippen molar-refractivity contribution in [3.63, 3.8) is 0 Å². The standard InChI is InChI=1S/C17H19N3OS/c18-20-15(17-19-13(9-21)10-22-17)8-12-6-3-7-14(16(12)20)11-4-1-2-5-11/h3,6-8,10-11,21H,1-2,4-5,9,18H2. The van der Waals surface area contributed by atoms with Gasteiger partial charge >= 0.3 is 0 Å². The van der Waals surface area contributed by atoms with Crippen molar-refractivity contribution in [1.29, 1.82) is 0 Å². The Morgan fingerprint density at radius 1 is 1.32 bits per heavy atom. The van der Waals surface area contributed by atoms with Crippen LogP contribution in [0.25, 0.3) is 21.6 Å². The van der Waals surface area contributed by atoms with Crippen molar-refractivity contribution in [3.8, 4) is 10.7 Å². The Kier molecular flexibility index (Phi) is 3.39. The number of thiazole rings is 1. The minimum atomic E-state index is -0.0331. The number of rotatable bonds is 3. The number of benzene rings is 1. The van der Waals surface area contributed by atoms with Crippen LogP contribution < -0.4 is 5.84 Å². The van der Waals surface area contributed by atoms with Gasteiger partial charge in [-0.25, -0.2) is 4.98 Å². The summed E-state index contributed by atoms with van der Waals surface area (Å²) in [4.78, 5) is 4.45. The maximum atomic E-state index is 9.20. The van der Waals surface area contributed by atoms with Gasteiger partial charge in [0.05, 0.1) is 23.5 Å². The first-order valence-corrected chi connectivity index (χ1v) is 8.61. The molecule has 1 aliphatic carbocycles. The summed E-state index contributed by atoms with van der Waals surface area (Å²) in [7, 11) is 0. The zero-order valence-corrected chi connectivity index (χ0v) is 13.1. The third kappa shape index (κ3) is 2.12. The van der Waals surface area contributed by atoms with Crippen molar-refractivity contribution in [3.05, 3.63) is 40.9 Å². The van der Waals surface area contributed by atoms with Gasteiger partial charge in [-0.15, -0.1) is 11.3 Å². The molecule has 1 saturated carbocycles. The maximum Gasteiger partial charge on any atom is 0.142 e. The minimum absolute atomic E-state index is 0.0331. The molecule has 2 aromatic heterocycles. The van der Waals surface area contributed by atoms with Crippen LogP contribution in [-0.4, -0.2) is 14.8 Å². The van der Waals surface area contributed by atoms with E-state index in [1.54, 1.807) is 4.68 Å². The van der Waals surface area contributed by atoms with E-state index in [9.17, 15) is 5.11 Å². The molecule has 3 aromatic rings. The molecular weight excluding hydrogens is 294 g/mol. The van der Waals surface area contributed by atoms with Gasteiger partial charge in [0.15, 0.2) is 0 Å². The van der Waals surface area contributed by atoms with Gasteiger partial charge < -0.3 is 10.9 Å². The average molecular weight is 313 g/mol.